The van der Waals surface area contributed by atoms with Gasteiger partial charge in [0.25, 0.3) is 0 Å². The van der Waals surface area contributed by atoms with Gasteiger partial charge in [0.1, 0.15) is 11.1 Å². The van der Waals surface area contributed by atoms with Gasteiger partial charge in [0, 0.05) is 12.3 Å². The van der Waals surface area contributed by atoms with Crippen LogP contribution in [0, 0.1) is 0 Å². The zero-order valence-electron chi connectivity index (χ0n) is 13.5. The summed E-state index contributed by atoms with van der Waals surface area (Å²) >= 11 is 0. The number of amides is 2. The van der Waals surface area contributed by atoms with Crippen molar-refractivity contribution in [1.82, 2.24) is 10.2 Å². The van der Waals surface area contributed by atoms with E-state index >= 15 is 0 Å². The van der Waals surface area contributed by atoms with Crippen LogP contribution < -0.4 is 5.32 Å². The molecule has 122 valence electrons. The van der Waals surface area contributed by atoms with Gasteiger partial charge < -0.3 is 10.2 Å². The summed E-state index contributed by atoms with van der Waals surface area (Å²) in [5.41, 5.74) is -1.99. The number of sulfone groups is 1. The quantitative estimate of drug-likeness (QED) is 0.782. The summed E-state index contributed by atoms with van der Waals surface area (Å²) in [7, 11) is -3.19. The summed E-state index contributed by atoms with van der Waals surface area (Å²) < 4.78 is 23.8. The lowest BCUT2D eigenvalue weighted by atomic mass is 9.86. The second kappa shape index (κ2) is 5.94. The fraction of sp³-hybridized carbons (Fsp3) is 0.857. The van der Waals surface area contributed by atoms with Crippen LogP contribution in [0.25, 0.3) is 0 Å². The summed E-state index contributed by atoms with van der Waals surface area (Å²) in [4.78, 5) is 26.3. The van der Waals surface area contributed by atoms with Crippen molar-refractivity contribution < 1.29 is 18.0 Å². The molecule has 1 atom stereocenters. The third kappa shape index (κ3) is 3.56. The largest absolute Gasteiger partial charge is 0.340 e. The molecular weight excluding hydrogens is 292 g/mol. The number of carbonyl (C=O) groups is 2. The maximum absolute atomic E-state index is 12.6. The van der Waals surface area contributed by atoms with Gasteiger partial charge in [-0.15, -0.1) is 0 Å². The van der Waals surface area contributed by atoms with Crippen LogP contribution in [0.5, 0.6) is 0 Å². The third-order valence-electron chi connectivity index (χ3n) is 4.12. The van der Waals surface area contributed by atoms with E-state index in [4.69, 9.17) is 0 Å². The Hall–Kier alpha value is -1.11. The van der Waals surface area contributed by atoms with E-state index in [9.17, 15) is 18.0 Å². The standard InChI is InChI=1S/C14H26N2O4S/c1-6-9-21(19,20)10-8-16-12(18)13(3,4)15-11(17)14(16,5)7-2/h6-10H2,1-5H3,(H,15,17). The molecule has 1 fully saturated rings. The summed E-state index contributed by atoms with van der Waals surface area (Å²) in [5, 5.41) is 2.72. The van der Waals surface area contributed by atoms with E-state index in [1.54, 1.807) is 27.7 Å². The first kappa shape index (κ1) is 17.9. The van der Waals surface area contributed by atoms with Gasteiger partial charge in [-0.05, 0) is 33.6 Å². The van der Waals surface area contributed by atoms with Crippen molar-refractivity contribution in [1.29, 1.82) is 0 Å². The molecule has 1 heterocycles. The van der Waals surface area contributed by atoms with Crippen LogP contribution >= 0.6 is 0 Å². The van der Waals surface area contributed by atoms with Crippen molar-refractivity contribution in [3.05, 3.63) is 0 Å². The first-order chi connectivity index (χ1) is 9.50. The van der Waals surface area contributed by atoms with Gasteiger partial charge in [0.05, 0.1) is 5.75 Å². The third-order valence-corrected chi connectivity index (χ3v) is 5.96. The van der Waals surface area contributed by atoms with Gasteiger partial charge in [-0.1, -0.05) is 13.8 Å². The van der Waals surface area contributed by atoms with E-state index < -0.39 is 20.9 Å². The topological polar surface area (TPSA) is 83.6 Å². The molecule has 0 spiro atoms. The Labute approximate surface area is 127 Å². The average molecular weight is 318 g/mol. The number of rotatable bonds is 6. The van der Waals surface area contributed by atoms with Crippen molar-refractivity contribution in [2.75, 3.05) is 18.1 Å². The average Bonchev–Trinajstić information content (AvgIpc) is 2.36. The van der Waals surface area contributed by atoms with Crippen LogP contribution in [0.3, 0.4) is 0 Å². The molecule has 2 amide bonds. The number of hydrogen-bond donors (Lipinski definition) is 1. The molecule has 1 rings (SSSR count). The molecule has 1 saturated heterocycles. The zero-order valence-corrected chi connectivity index (χ0v) is 14.3. The Morgan fingerprint density at radius 2 is 1.67 bits per heavy atom. The highest BCUT2D eigenvalue weighted by Crippen LogP contribution is 2.28. The van der Waals surface area contributed by atoms with E-state index in [2.05, 4.69) is 5.32 Å². The van der Waals surface area contributed by atoms with Gasteiger partial charge in [0.15, 0.2) is 9.84 Å². The highest BCUT2D eigenvalue weighted by atomic mass is 32.2. The van der Waals surface area contributed by atoms with Gasteiger partial charge >= 0.3 is 0 Å². The minimum absolute atomic E-state index is 0.0579. The number of nitrogens with one attached hydrogen (secondary N) is 1. The lowest BCUT2D eigenvalue weighted by Gasteiger charge is -2.48. The van der Waals surface area contributed by atoms with Gasteiger partial charge in [-0.2, -0.15) is 0 Å². The van der Waals surface area contributed by atoms with Crippen LogP contribution in [0.4, 0.5) is 0 Å². The molecular formula is C14H26N2O4S. The highest BCUT2D eigenvalue weighted by molar-refractivity contribution is 7.91. The molecule has 0 aromatic rings. The van der Waals surface area contributed by atoms with Crippen molar-refractivity contribution in [2.45, 2.75) is 58.5 Å². The van der Waals surface area contributed by atoms with E-state index in [-0.39, 0.29) is 29.9 Å². The predicted octanol–water partition coefficient (Wildman–Crippen LogP) is 0.717. The van der Waals surface area contributed by atoms with Gasteiger partial charge in [0.2, 0.25) is 11.8 Å². The Balaban J connectivity index is 3.03. The smallest absolute Gasteiger partial charge is 0.248 e. The number of nitrogens with zero attached hydrogens (tertiary/aromatic N) is 1. The fourth-order valence-corrected chi connectivity index (χ4v) is 3.79. The molecule has 0 saturated carbocycles. The highest BCUT2D eigenvalue weighted by Gasteiger charge is 2.51. The van der Waals surface area contributed by atoms with Crippen molar-refractivity contribution in [3.8, 4) is 0 Å². The number of carbonyl (C=O) groups excluding carboxylic acids is 2. The summed E-state index contributed by atoms with van der Waals surface area (Å²) in [5.74, 6) is -0.473. The fourth-order valence-electron chi connectivity index (χ4n) is 2.50. The molecule has 0 aliphatic carbocycles. The van der Waals surface area contributed by atoms with E-state index in [1.165, 1.54) is 4.90 Å². The first-order valence-electron chi connectivity index (χ1n) is 7.35. The summed E-state index contributed by atoms with van der Waals surface area (Å²) in [6, 6.07) is 0. The Bertz CT molecular complexity index is 527. The molecule has 7 heteroatoms. The van der Waals surface area contributed by atoms with Crippen molar-refractivity contribution in [3.63, 3.8) is 0 Å². The molecule has 6 nitrogen and oxygen atoms in total. The first-order valence-corrected chi connectivity index (χ1v) is 9.17. The minimum Gasteiger partial charge on any atom is -0.340 e. The van der Waals surface area contributed by atoms with Crippen LogP contribution in [0.2, 0.25) is 0 Å². The zero-order chi connectivity index (χ0) is 16.5. The number of piperazine rings is 1. The van der Waals surface area contributed by atoms with Crippen molar-refractivity contribution >= 4 is 21.7 Å². The molecule has 0 radical (unpaired) electrons. The Morgan fingerprint density at radius 1 is 1.10 bits per heavy atom. The molecule has 1 unspecified atom stereocenters. The second-order valence-electron chi connectivity index (χ2n) is 6.32. The molecule has 0 aromatic carbocycles. The van der Waals surface area contributed by atoms with Crippen LogP contribution in [0.15, 0.2) is 0 Å². The monoisotopic (exact) mass is 318 g/mol. The number of hydrogen-bond acceptors (Lipinski definition) is 4. The Morgan fingerprint density at radius 3 is 2.14 bits per heavy atom. The SMILES string of the molecule is CCCS(=O)(=O)CCN1C(=O)C(C)(C)NC(=O)C1(C)CC. The summed E-state index contributed by atoms with van der Waals surface area (Å²) in [6.07, 6.45) is 0.988. The second-order valence-corrected chi connectivity index (χ2v) is 8.62. The molecule has 21 heavy (non-hydrogen) atoms. The molecule has 1 aliphatic rings. The predicted molar refractivity (Wildman–Crippen MR) is 81.6 cm³/mol. The van der Waals surface area contributed by atoms with E-state index in [1.807, 2.05) is 6.92 Å². The van der Waals surface area contributed by atoms with Gasteiger partial charge in [-0.25, -0.2) is 8.42 Å². The maximum atomic E-state index is 12.6. The van der Waals surface area contributed by atoms with Crippen molar-refractivity contribution in [2.24, 2.45) is 0 Å². The van der Waals surface area contributed by atoms with Crippen LogP contribution in [0.1, 0.15) is 47.5 Å². The molecule has 0 bridgehead atoms. The molecule has 0 aromatic heterocycles. The maximum Gasteiger partial charge on any atom is 0.248 e. The lowest BCUT2D eigenvalue weighted by Crippen LogP contribution is -2.73. The van der Waals surface area contributed by atoms with E-state index in [0.717, 1.165) is 0 Å². The summed E-state index contributed by atoms with van der Waals surface area (Å²) in [6.45, 7) is 8.63. The Kier molecular flexibility index (Phi) is 5.08. The van der Waals surface area contributed by atoms with Crippen LogP contribution in [-0.4, -0.2) is 54.3 Å². The molecule has 1 aliphatic heterocycles. The normalized spacial score (nSPS) is 25.9. The van der Waals surface area contributed by atoms with Gasteiger partial charge in [-0.3, -0.25) is 9.59 Å². The molecule has 1 N–H and O–H groups in total. The minimum atomic E-state index is -3.19. The lowest BCUT2D eigenvalue weighted by molar-refractivity contribution is -0.160. The van der Waals surface area contributed by atoms with Crippen LogP contribution in [-0.2, 0) is 19.4 Å². The van der Waals surface area contributed by atoms with E-state index in [0.29, 0.717) is 12.8 Å².